The molecule has 1 aromatic rings. The summed E-state index contributed by atoms with van der Waals surface area (Å²) in [7, 11) is 0. The summed E-state index contributed by atoms with van der Waals surface area (Å²) in [6.07, 6.45) is 10.3. The van der Waals surface area contributed by atoms with Crippen molar-refractivity contribution in [1.29, 1.82) is 0 Å². The molecule has 1 aliphatic rings. The third kappa shape index (κ3) is 4.95. The Morgan fingerprint density at radius 1 is 1.08 bits per heavy atom. The van der Waals surface area contributed by atoms with Gasteiger partial charge in [0.1, 0.15) is 5.82 Å². The lowest BCUT2D eigenvalue weighted by Gasteiger charge is -2.36. The maximum atomic E-state index is 5.83. The first-order valence-electron chi connectivity index (χ1n) is 9.85. The second-order valence-corrected chi connectivity index (χ2v) is 7.84. The van der Waals surface area contributed by atoms with E-state index in [0.29, 0.717) is 0 Å². The van der Waals surface area contributed by atoms with Crippen LogP contribution in [0.1, 0.15) is 78.7 Å². The quantitative estimate of drug-likeness (QED) is 0.601. The normalized spacial score (nSPS) is 24.0. The summed E-state index contributed by atoms with van der Waals surface area (Å²) >= 11 is 0. The summed E-state index contributed by atoms with van der Waals surface area (Å²) in [5, 5.41) is 0. The third-order valence-electron chi connectivity index (χ3n) is 5.32. The number of morpholine rings is 1. The van der Waals surface area contributed by atoms with E-state index in [1.54, 1.807) is 0 Å². The third-order valence-corrected chi connectivity index (χ3v) is 5.32. The van der Waals surface area contributed by atoms with E-state index < -0.39 is 0 Å². The number of rotatable bonds is 8. The highest BCUT2D eigenvalue weighted by molar-refractivity contribution is 5.41. The average molecular weight is 333 g/mol. The Morgan fingerprint density at radius 3 is 2.33 bits per heavy atom. The number of anilines is 1. The van der Waals surface area contributed by atoms with Gasteiger partial charge in [-0.1, -0.05) is 52.5 Å². The molecule has 1 saturated heterocycles. The Kier molecular flexibility index (Phi) is 7.09. The molecule has 0 aliphatic carbocycles. The van der Waals surface area contributed by atoms with Gasteiger partial charge >= 0.3 is 0 Å². The van der Waals surface area contributed by atoms with Gasteiger partial charge < -0.3 is 9.64 Å². The Morgan fingerprint density at radius 2 is 1.79 bits per heavy atom. The van der Waals surface area contributed by atoms with E-state index in [0.717, 1.165) is 18.9 Å². The smallest absolute Gasteiger partial charge is 0.128 e. The molecular weight excluding hydrogens is 296 g/mol. The van der Waals surface area contributed by atoms with Gasteiger partial charge in [-0.25, -0.2) is 4.98 Å². The van der Waals surface area contributed by atoms with Gasteiger partial charge in [0, 0.05) is 19.3 Å². The molecule has 2 rings (SSSR count). The van der Waals surface area contributed by atoms with Gasteiger partial charge in [0.15, 0.2) is 0 Å². The lowest BCUT2D eigenvalue weighted by atomic mass is 9.75. The second kappa shape index (κ2) is 8.84. The number of aromatic nitrogens is 1. The molecule has 0 saturated carbocycles. The fraction of sp³-hybridized carbons (Fsp3) is 0.762. The summed E-state index contributed by atoms with van der Waals surface area (Å²) in [5.41, 5.74) is 1.67. The minimum absolute atomic E-state index is 0.265. The van der Waals surface area contributed by atoms with Crippen molar-refractivity contribution in [3.8, 4) is 0 Å². The summed E-state index contributed by atoms with van der Waals surface area (Å²) in [5.74, 6) is 1.09. The number of unbranched alkanes of at least 4 members (excludes halogenated alkanes) is 2. The molecule has 3 heteroatoms. The molecule has 1 aliphatic heterocycles. The van der Waals surface area contributed by atoms with Crippen LogP contribution in [0.25, 0.3) is 0 Å². The Bertz CT molecular complexity index is 477. The first-order valence-corrected chi connectivity index (χ1v) is 9.85. The zero-order valence-electron chi connectivity index (χ0n) is 16.3. The van der Waals surface area contributed by atoms with Crippen molar-refractivity contribution in [1.82, 2.24) is 4.98 Å². The maximum Gasteiger partial charge on any atom is 0.128 e. The lowest BCUT2D eigenvalue weighted by molar-refractivity contribution is -0.00546. The zero-order valence-corrected chi connectivity index (χ0v) is 16.3. The van der Waals surface area contributed by atoms with Crippen molar-refractivity contribution in [3.63, 3.8) is 0 Å². The van der Waals surface area contributed by atoms with Crippen LogP contribution in [-0.2, 0) is 10.2 Å². The van der Waals surface area contributed by atoms with Crippen molar-refractivity contribution < 1.29 is 4.74 Å². The highest BCUT2D eigenvalue weighted by Crippen LogP contribution is 2.35. The van der Waals surface area contributed by atoms with Crippen molar-refractivity contribution >= 4 is 5.82 Å². The number of nitrogens with zero attached hydrogens (tertiary/aromatic N) is 2. The molecule has 136 valence electrons. The van der Waals surface area contributed by atoms with Crippen LogP contribution in [0.2, 0.25) is 0 Å². The Balaban J connectivity index is 2.10. The van der Waals surface area contributed by atoms with Crippen LogP contribution >= 0.6 is 0 Å². The van der Waals surface area contributed by atoms with Crippen molar-refractivity contribution in [2.24, 2.45) is 0 Å². The van der Waals surface area contributed by atoms with E-state index in [1.165, 1.54) is 44.1 Å². The predicted octanol–water partition coefficient (Wildman–Crippen LogP) is 5.33. The van der Waals surface area contributed by atoms with Crippen LogP contribution in [0.3, 0.4) is 0 Å². The molecule has 0 aromatic carbocycles. The molecular formula is C21H36N2O. The van der Waals surface area contributed by atoms with Gasteiger partial charge in [0.05, 0.1) is 12.2 Å². The van der Waals surface area contributed by atoms with E-state index >= 15 is 0 Å². The molecule has 3 nitrogen and oxygen atoms in total. The topological polar surface area (TPSA) is 25.4 Å². The van der Waals surface area contributed by atoms with Crippen LogP contribution < -0.4 is 4.90 Å². The zero-order chi connectivity index (χ0) is 17.6. The molecule has 1 fully saturated rings. The van der Waals surface area contributed by atoms with Crippen molar-refractivity contribution in [2.75, 3.05) is 18.0 Å². The van der Waals surface area contributed by atoms with Crippen LogP contribution in [-0.4, -0.2) is 30.3 Å². The standard InChI is InChI=1S/C21H36N2O/c1-6-8-9-13-21(5,12-7-2)19-10-11-20(22-14-19)23-15-17(3)24-18(4)16-23/h10-11,14,17-18H,6-9,12-13,15-16H2,1-5H3/t17-,18+,21?. The number of ether oxygens (including phenoxy) is 1. The van der Waals surface area contributed by atoms with Gasteiger partial charge in [-0.15, -0.1) is 0 Å². The number of pyridine rings is 1. The molecule has 0 bridgehead atoms. The van der Waals surface area contributed by atoms with Gasteiger partial charge in [-0.05, 0) is 43.7 Å². The summed E-state index contributed by atoms with van der Waals surface area (Å²) < 4.78 is 5.83. The summed E-state index contributed by atoms with van der Waals surface area (Å²) in [4.78, 5) is 7.18. The lowest BCUT2D eigenvalue weighted by Crippen LogP contribution is -2.45. The van der Waals surface area contributed by atoms with Crippen molar-refractivity contribution in [3.05, 3.63) is 23.9 Å². The molecule has 1 aromatic heterocycles. The average Bonchev–Trinajstić information content (AvgIpc) is 2.54. The van der Waals surface area contributed by atoms with E-state index in [1.807, 2.05) is 0 Å². The second-order valence-electron chi connectivity index (χ2n) is 7.84. The summed E-state index contributed by atoms with van der Waals surface area (Å²) in [6, 6.07) is 4.53. The molecule has 2 heterocycles. The van der Waals surface area contributed by atoms with Gasteiger partial charge in [0.2, 0.25) is 0 Å². The molecule has 1 unspecified atom stereocenters. The molecule has 0 radical (unpaired) electrons. The highest BCUT2D eigenvalue weighted by Gasteiger charge is 2.27. The Hall–Kier alpha value is -1.09. The fourth-order valence-electron chi connectivity index (χ4n) is 4.03. The molecule has 0 spiro atoms. The fourth-order valence-corrected chi connectivity index (χ4v) is 4.03. The van der Waals surface area contributed by atoms with Crippen LogP contribution in [0.15, 0.2) is 18.3 Å². The van der Waals surface area contributed by atoms with Crippen LogP contribution in [0.5, 0.6) is 0 Å². The molecule has 24 heavy (non-hydrogen) atoms. The van der Waals surface area contributed by atoms with E-state index in [-0.39, 0.29) is 17.6 Å². The molecule has 3 atom stereocenters. The molecule has 0 amide bonds. The SMILES string of the molecule is CCCCCC(C)(CCC)c1ccc(N2C[C@@H](C)O[C@@H](C)C2)nc1. The van der Waals surface area contributed by atoms with E-state index in [4.69, 9.17) is 9.72 Å². The van der Waals surface area contributed by atoms with Gasteiger partial charge in [-0.2, -0.15) is 0 Å². The number of hydrogen-bond acceptors (Lipinski definition) is 3. The minimum Gasteiger partial charge on any atom is -0.372 e. The van der Waals surface area contributed by atoms with Gasteiger partial charge in [0.25, 0.3) is 0 Å². The van der Waals surface area contributed by atoms with E-state index in [2.05, 4.69) is 57.8 Å². The van der Waals surface area contributed by atoms with E-state index in [9.17, 15) is 0 Å². The first-order chi connectivity index (χ1) is 11.5. The summed E-state index contributed by atoms with van der Waals surface area (Å²) in [6.45, 7) is 13.1. The predicted molar refractivity (Wildman–Crippen MR) is 103 cm³/mol. The van der Waals surface area contributed by atoms with Gasteiger partial charge in [-0.3, -0.25) is 0 Å². The monoisotopic (exact) mass is 332 g/mol. The van der Waals surface area contributed by atoms with Crippen LogP contribution in [0.4, 0.5) is 5.82 Å². The Labute approximate surface area is 148 Å². The minimum atomic E-state index is 0.265. The first kappa shape index (κ1) is 19.2. The largest absolute Gasteiger partial charge is 0.372 e. The number of hydrogen-bond donors (Lipinski definition) is 0. The van der Waals surface area contributed by atoms with Crippen LogP contribution in [0, 0.1) is 0 Å². The van der Waals surface area contributed by atoms with Crippen molar-refractivity contribution in [2.45, 2.75) is 90.8 Å². The maximum absolute atomic E-state index is 5.83. The molecule has 0 N–H and O–H groups in total. The highest BCUT2D eigenvalue weighted by atomic mass is 16.5.